The van der Waals surface area contributed by atoms with E-state index in [2.05, 4.69) is 191 Å². The molecule has 0 spiro atoms. The number of benzene rings is 8. The van der Waals surface area contributed by atoms with Gasteiger partial charge >= 0.3 is 0 Å². The van der Waals surface area contributed by atoms with Gasteiger partial charge in [0.2, 0.25) is 0 Å². The largest absolute Gasteiger partial charge is 0.309 e. The molecule has 3 aromatic heterocycles. The van der Waals surface area contributed by atoms with E-state index in [0.29, 0.717) is 0 Å². The first-order valence-electron chi connectivity index (χ1n) is 17.7. The fourth-order valence-electron chi connectivity index (χ4n) is 8.19. The Bertz CT molecular complexity index is 3160. The summed E-state index contributed by atoms with van der Waals surface area (Å²) in [5.74, 6) is 0.817. The van der Waals surface area contributed by atoms with Gasteiger partial charge in [0.15, 0.2) is 5.82 Å². The zero-order chi connectivity index (χ0) is 34.2. The van der Waals surface area contributed by atoms with Gasteiger partial charge in [-0.15, -0.1) is 0 Å². The summed E-state index contributed by atoms with van der Waals surface area (Å²) in [5.41, 5.74) is 11.6. The van der Waals surface area contributed by atoms with Gasteiger partial charge in [0, 0.05) is 32.8 Å². The Morgan fingerprint density at radius 3 is 1.71 bits per heavy atom. The zero-order valence-electron chi connectivity index (χ0n) is 28.1. The molecule has 0 aliphatic rings. The number of fused-ring (bicyclic) bond motifs is 5. The topological polar surface area (TPSA) is 35.6 Å². The Kier molecular flexibility index (Phi) is 6.22. The molecule has 11 rings (SSSR count). The molecule has 0 amide bonds. The quantitative estimate of drug-likeness (QED) is 0.176. The van der Waals surface area contributed by atoms with Gasteiger partial charge in [-0.25, -0.2) is 9.97 Å². The van der Waals surface area contributed by atoms with Crippen molar-refractivity contribution in [3.05, 3.63) is 182 Å². The van der Waals surface area contributed by atoms with Gasteiger partial charge in [-0.05, 0) is 64.4 Å². The maximum atomic E-state index is 5.57. The zero-order valence-corrected chi connectivity index (χ0v) is 28.1. The molecule has 8 aromatic carbocycles. The highest BCUT2D eigenvalue weighted by Gasteiger charge is 2.23. The van der Waals surface area contributed by atoms with E-state index in [9.17, 15) is 0 Å². The summed E-state index contributed by atoms with van der Waals surface area (Å²) in [6.45, 7) is 0. The van der Waals surface area contributed by atoms with Crippen LogP contribution in [-0.2, 0) is 0 Å². The number of hydrogen-bond donors (Lipinski definition) is 0. The molecular weight excluding hydrogens is 633 g/mol. The molecule has 0 saturated carbocycles. The van der Waals surface area contributed by atoms with Gasteiger partial charge in [0.25, 0.3) is 0 Å². The Labute approximate surface area is 299 Å². The second-order valence-electron chi connectivity index (χ2n) is 13.4. The van der Waals surface area contributed by atoms with Crippen LogP contribution in [-0.4, -0.2) is 19.1 Å². The highest BCUT2D eigenvalue weighted by Crippen LogP contribution is 2.43. The Morgan fingerprint density at radius 2 is 0.923 bits per heavy atom. The van der Waals surface area contributed by atoms with E-state index in [-0.39, 0.29) is 0 Å². The Morgan fingerprint density at radius 1 is 0.346 bits per heavy atom. The van der Waals surface area contributed by atoms with E-state index in [4.69, 9.17) is 9.97 Å². The minimum Gasteiger partial charge on any atom is -0.309 e. The van der Waals surface area contributed by atoms with Crippen LogP contribution in [0.1, 0.15) is 0 Å². The third-order valence-corrected chi connectivity index (χ3v) is 10.5. The second-order valence-corrected chi connectivity index (χ2v) is 13.4. The van der Waals surface area contributed by atoms with Gasteiger partial charge in [-0.2, -0.15) is 0 Å². The molecule has 3 heterocycles. The van der Waals surface area contributed by atoms with Crippen molar-refractivity contribution < 1.29 is 0 Å². The molecule has 4 nitrogen and oxygen atoms in total. The van der Waals surface area contributed by atoms with Crippen LogP contribution in [0.25, 0.3) is 99.3 Å². The highest BCUT2D eigenvalue weighted by atomic mass is 15.1. The predicted octanol–water partition coefficient (Wildman–Crippen LogP) is 12.3. The van der Waals surface area contributed by atoms with Crippen LogP contribution in [0.3, 0.4) is 0 Å². The minimum absolute atomic E-state index is 0.817. The Hall–Kier alpha value is -7.04. The molecule has 4 heteroatoms. The molecular formula is C48H30N4. The number of hydrogen-bond acceptors (Lipinski definition) is 2. The fourth-order valence-corrected chi connectivity index (χ4v) is 8.19. The van der Waals surface area contributed by atoms with Crippen LogP contribution in [0.15, 0.2) is 182 Å². The van der Waals surface area contributed by atoms with Crippen molar-refractivity contribution in [2.75, 3.05) is 0 Å². The van der Waals surface area contributed by atoms with E-state index >= 15 is 0 Å². The molecule has 242 valence electrons. The molecule has 52 heavy (non-hydrogen) atoms. The lowest BCUT2D eigenvalue weighted by Crippen LogP contribution is -2.04. The third kappa shape index (κ3) is 4.21. The van der Waals surface area contributed by atoms with Crippen molar-refractivity contribution >= 4 is 65.4 Å². The summed E-state index contributed by atoms with van der Waals surface area (Å²) < 4.78 is 4.77. The van der Waals surface area contributed by atoms with Gasteiger partial charge in [0.1, 0.15) is 5.69 Å². The molecule has 0 atom stereocenters. The number of aromatic nitrogens is 4. The van der Waals surface area contributed by atoms with Crippen molar-refractivity contribution in [1.29, 1.82) is 0 Å². The summed E-state index contributed by atoms with van der Waals surface area (Å²) in [6.07, 6.45) is 0. The molecule has 0 radical (unpaired) electrons. The monoisotopic (exact) mass is 662 g/mol. The summed E-state index contributed by atoms with van der Waals surface area (Å²) in [7, 11) is 0. The van der Waals surface area contributed by atoms with E-state index in [0.717, 1.165) is 66.6 Å². The SMILES string of the molecule is c1ccc(-c2ccc(-n3c4ccccc4c4cccc5c4c4c3cccc4n5-c3nc4c(ccc5ccccc54)nc3-c3ccccc3)cc2)cc1. The van der Waals surface area contributed by atoms with Crippen molar-refractivity contribution in [2.24, 2.45) is 0 Å². The van der Waals surface area contributed by atoms with Crippen LogP contribution in [0.5, 0.6) is 0 Å². The number of para-hydroxylation sites is 1. The predicted molar refractivity (Wildman–Crippen MR) is 217 cm³/mol. The van der Waals surface area contributed by atoms with E-state index in [1.165, 1.54) is 32.7 Å². The number of nitrogens with zero attached hydrogens (tertiary/aromatic N) is 4. The molecule has 0 unspecified atom stereocenters. The third-order valence-electron chi connectivity index (χ3n) is 10.5. The van der Waals surface area contributed by atoms with Gasteiger partial charge in [-0.1, -0.05) is 140 Å². The molecule has 0 fully saturated rings. The lowest BCUT2D eigenvalue weighted by molar-refractivity contribution is 1.08. The summed E-state index contributed by atoms with van der Waals surface area (Å²) in [5, 5.41) is 7.03. The second kappa shape index (κ2) is 11.2. The van der Waals surface area contributed by atoms with Crippen molar-refractivity contribution in [3.8, 4) is 33.9 Å². The molecule has 11 aromatic rings. The molecule has 0 saturated heterocycles. The van der Waals surface area contributed by atoms with E-state index in [1.54, 1.807) is 0 Å². The summed E-state index contributed by atoms with van der Waals surface area (Å²) in [4.78, 5) is 11.0. The standard InChI is InChI=1S/C48H30N4/c1-3-13-31(14-4-1)32-25-28-35(29-26-32)51-40-21-10-9-19-37(40)38-20-11-22-41-44(38)45-42(51)23-12-24-43(45)52(41)48-46(34-16-5-2-6-17-34)49-39-30-27-33-15-7-8-18-36(33)47(39)50-48/h1-30H. The van der Waals surface area contributed by atoms with E-state index in [1.807, 2.05) is 0 Å². The lowest BCUT2D eigenvalue weighted by atomic mass is 10.1. The summed E-state index contributed by atoms with van der Waals surface area (Å²) >= 11 is 0. The maximum Gasteiger partial charge on any atom is 0.165 e. The smallest absolute Gasteiger partial charge is 0.165 e. The van der Waals surface area contributed by atoms with Crippen LogP contribution in [0, 0.1) is 0 Å². The minimum atomic E-state index is 0.817. The van der Waals surface area contributed by atoms with Crippen molar-refractivity contribution in [2.45, 2.75) is 0 Å². The van der Waals surface area contributed by atoms with Crippen LogP contribution >= 0.6 is 0 Å². The lowest BCUT2D eigenvalue weighted by Gasteiger charge is -2.16. The van der Waals surface area contributed by atoms with Gasteiger partial charge < -0.3 is 4.57 Å². The first kappa shape index (κ1) is 28.8. The molecule has 0 N–H and O–H groups in total. The number of rotatable bonds is 4. The maximum absolute atomic E-state index is 5.57. The highest BCUT2D eigenvalue weighted by molar-refractivity contribution is 6.28. The molecule has 0 aliphatic carbocycles. The normalized spacial score (nSPS) is 11.8. The van der Waals surface area contributed by atoms with Crippen LogP contribution < -0.4 is 0 Å². The van der Waals surface area contributed by atoms with Gasteiger partial charge in [-0.3, -0.25) is 4.57 Å². The van der Waals surface area contributed by atoms with Gasteiger partial charge in [0.05, 0.1) is 33.1 Å². The average Bonchev–Trinajstić information content (AvgIpc) is 3.50. The van der Waals surface area contributed by atoms with Crippen LogP contribution in [0.2, 0.25) is 0 Å². The fraction of sp³-hybridized carbons (Fsp3) is 0. The van der Waals surface area contributed by atoms with Crippen molar-refractivity contribution in [1.82, 2.24) is 19.1 Å². The van der Waals surface area contributed by atoms with Crippen molar-refractivity contribution in [3.63, 3.8) is 0 Å². The molecule has 0 aliphatic heterocycles. The Balaban J connectivity index is 1.29. The first-order valence-corrected chi connectivity index (χ1v) is 17.7. The first-order chi connectivity index (χ1) is 25.8. The summed E-state index contributed by atoms with van der Waals surface area (Å²) in [6, 6.07) is 64.8. The van der Waals surface area contributed by atoms with Crippen LogP contribution in [0.4, 0.5) is 0 Å². The average molecular weight is 663 g/mol. The molecule has 0 bridgehead atoms. The van der Waals surface area contributed by atoms with E-state index < -0.39 is 0 Å².